The fourth-order valence-corrected chi connectivity index (χ4v) is 41.1. The van der Waals surface area contributed by atoms with Gasteiger partial charge in [0, 0.05) is 40.0 Å². The molecule has 0 saturated carbocycles. The van der Waals surface area contributed by atoms with Gasteiger partial charge in [0.15, 0.2) is 0 Å². The van der Waals surface area contributed by atoms with E-state index in [9.17, 15) is 0 Å². The molecule has 94 heavy (non-hydrogen) atoms. The summed E-state index contributed by atoms with van der Waals surface area (Å²) in [7, 11) is -7.90. The Labute approximate surface area is 575 Å². The van der Waals surface area contributed by atoms with Crippen LogP contribution in [-0.2, 0) is 0 Å². The van der Waals surface area contributed by atoms with E-state index in [1.165, 1.54) is 87.6 Å². The average Bonchev–Trinajstić information content (AvgIpc) is 0.698. The zero-order valence-corrected chi connectivity index (χ0v) is 66.8. The minimum absolute atomic E-state index is 0.00855. The molecule has 4 atom stereocenters. The van der Waals surface area contributed by atoms with Crippen molar-refractivity contribution in [2.45, 2.75) is 270 Å². The van der Waals surface area contributed by atoms with Crippen molar-refractivity contribution in [3.63, 3.8) is 0 Å². The van der Waals surface area contributed by atoms with Crippen molar-refractivity contribution in [1.29, 1.82) is 0 Å². The lowest BCUT2D eigenvalue weighted by Gasteiger charge is -2.45. The highest BCUT2D eigenvalue weighted by atomic mass is 28.3. The van der Waals surface area contributed by atoms with Gasteiger partial charge in [-0.3, -0.25) is 0 Å². The monoisotopic (exact) mass is 1310 g/mol. The zero-order valence-electron chi connectivity index (χ0n) is 62.8. The first-order valence-corrected chi connectivity index (χ1v) is 45.6. The first kappa shape index (κ1) is 70.7. The highest BCUT2D eigenvalue weighted by Crippen LogP contribution is 2.61. The van der Waals surface area contributed by atoms with E-state index in [2.05, 4.69) is 347 Å². The number of hydrogen-bond acceptors (Lipinski definition) is 0. The van der Waals surface area contributed by atoms with Crippen molar-refractivity contribution in [3.8, 4) is 45.9 Å². The molecule has 0 aliphatic heterocycles. The van der Waals surface area contributed by atoms with Crippen LogP contribution in [0.15, 0.2) is 121 Å². The maximum atomic E-state index is 4.10. The second kappa shape index (κ2) is 27.1. The zero-order chi connectivity index (χ0) is 68.6. The third kappa shape index (κ3) is 12.1. The molecule has 0 saturated heterocycles. The van der Waals surface area contributed by atoms with E-state index in [1.807, 2.05) is 0 Å². The van der Waals surface area contributed by atoms with Crippen molar-refractivity contribution < 1.29 is 0 Å². The average molecular weight is 1310 g/mol. The van der Waals surface area contributed by atoms with Crippen molar-refractivity contribution in [1.82, 2.24) is 0 Å². The largest absolute Gasteiger partial charge is 0.146 e. The first-order valence-electron chi connectivity index (χ1n) is 36.7. The van der Waals surface area contributed by atoms with Gasteiger partial charge in [-0.15, -0.1) is 22.2 Å². The molecule has 0 heterocycles. The smallest absolute Gasteiger partial charge is 0.125 e. The van der Waals surface area contributed by atoms with E-state index < -0.39 is 32.3 Å². The Bertz CT molecular complexity index is 4380. The molecular formula is C90H114Si4. The molecule has 490 valence electrons. The van der Waals surface area contributed by atoms with Gasteiger partial charge in [0.1, 0.15) is 32.3 Å². The second-order valence-electron chi connectivity index (χ2n) is 33.2. The van der Waals surface area contributed by atoms with E-state index in [0.29, 0.717) is 66.5 Å². The van der Waals surface area contributed by atoms with Gasteiger partial charge >= 0.3 is 0 Å². The molecule has 11 rings (SSSR count). The van der Waals surface area contributed by atoms with Crippen molar-refractivity contribution in [2.75, 3.05) is 0 Å². The van der Waals surface area contributed by atoms with Crippen LogP contribution in [0.4, 0.5) is 0 Å². The predicted octanol–water partition coefficient (Wildman–Crippen LogP) is 26.4. The topological polar surface area (TPSA) is 0 Å². The summed E-state index contributed by atoms with van der Waals surface area (Å²) in [5, 5.41) is 10.2. The molecule has 0 radical (unpaired) electrons. The Morgan fingerprint density at radius 1 is 0.234 bits per heavy atom. The molecular weight excluding hydrogens is 1190 g/mol. The molecule has 0 nitrogen and oxygen atoms in total. The maximum Gasteiger partial charge on any atom is 0.146 e. The molecule has 3 aliphatic rings. The van der Waals surface area contributed by atoms with Crippen molar-refractivity contribution >= 4 is 75.4 Å². The van der Waals surface area contributed by atoms with Crippen LogP contribution in [0.25, 0.3) is 43.1 Å². The Balaban J connectivity index is 1.28. The van der Waals surface area contributed by atoms with E-state index in [4.69, 9.17) is 0 Å². The van der Waals surface area contributed by atoms with Gasteiger partial charge in [-0.1, -0.05) is 270 Å². The maximum absolute atomic E-state index is 4.10. The molecule has 3 aliphatic carbocycles. The summed E-state index contributed by atoms with van der Waals surface area (Å²) in [6.45, 7) is 63.1. The standard InChI is InChI=1S/C90H114Si4/c1-55(2)91(56(3)4,57(5)6)39-35-69-27-31-73-48-81(67(25)43-77(73)44-69)89-83-52-78-45-70(36-40-92(58(7)8,59(9)10)60(11)12)28-32-74(78)49-82(83)68(26)88-84-50-75-33-29-72(38-42-94(64(19)20,65(21)22)66(23)24)47-80(75)54-87(84)90(89)86-51-76-34-30-71(46-79(76)53-85(86)88)37-41-93(61(13)14,62(15)16)63(17)18/h27-34,43-66,68,88-90H,1-26H3/t68-,88+,89-,90-/m0/s1. The summed E-state index contributed by atoms with van der Waals surface area (Å²) in [4.78, 5) is 0. The number of rotatable bonds is 13. The van der Waals surface area contributed by atoms with Crippen LogP contribution in [-0.4, -0.2) is 32.3 Å². The second-order valence-corrected chi connectivity index (χ2v) is 55.5. The predicted molar refractivity (Wildman–Crippen MR) is 426 cm³/mol. The summed E-state index contributed by atoms with van der Waals surface area (Å²) in [5.41, 5.74) is 39.0. The normalized spacial score (nSPS) is 16.8. The Morgan fingerprint density at radius 2 is 0.436 bits per heavy atom. The summed E-state index contributed by atoms with van der Waals surface area (Å²) < 4.78 is 0. The van der Waals surface area contributed by atoms with E-state index in [1.54, 1.807) is 0 Å². The fourth-order valence-electron chi connectivity index (χ4n) is 20.2. The summed E-state index contributed by atoms with van der Waals surface area (Å²) >= 11 is 0. The minimum Gasteiger partial charge on any atom is -0.125 e. The van der Waals surface area contributed by atoms with Gasteiger partial charge < -0.3 is 0 Å². The molecule has 0 amide bonds. The van der Waals surface area contributed by atoms with Crippen LogP contribution in [0.3, 0.4) is 0 Å². The minimum atomic E-state index is -1.99. The molecule has 2 bridgehead atoms. The van der Waals surface area contributed by atoms with Gasteiger partial charge in [-0.05, 0) is 215 Å². The molecule has 0 N–H and O–H groups in total. The van der Waals surface area contributed by atoms with E-state index in [0.717, 1.165) is 22.3 Å². The summed E-state index contributed by atoms with van der Waals surface area (Å²) in [5.74, 6) is 15.7. The fraction of sp³-hybridized carbons (Fsp3) is 0.467. The Kier molecular flexibility index (Phi) is 20.4. The molecule has 0 fully saturated rings. The summed E-state index contributed by atoms with van der Waals surface area (Å²) in [6, 6.07) is 49.3. The van der Waals surface area contributed by atoms with Crippen LogP contribution < -0.4 is 0 Å². The van der Waals surface area contributed by atoms with Crippen LogP contribution in [0, 0.1) is 52.8 Å². The quantitative estimate of drug-likeness (QED) is 0.0797. The number of benzene rings is 8. The molecule has 0 spiro atoms. The molecule has 8 aromatic rings. The van der Waals surface area contributed by atoms with Gasteiger partial charge in [0.05, 0.1) is 0 Å². The van der Waals surface area contributed by atoms with Gasteiger partial charge in [0.2, 0.25) is 0 Å². The molecule has 0 unspecified atom stereocenters. The van der Waals surface area contributed by atoms with Gasteiger partial charge in [-0.2, -0.15) is 0 Å². The Hall–Kier alpha value is -6.09. The van der Waals surface area contributed by atoms with Crippen molar-refractivity contribution in [3.05, 3.63) is 188 Å². The van der Waals surface area contributed by atoms with Crippen LogP contribution in [0.2, 0.25) is 66.5 Å². The van der Waals surface area contributed by atoms with E-state index in [-0.39, 0.29) is 23.7 Å². The molecule has 8 aromatic carbocycles. The van der Waals surface area contributed by atoms with Crippen LogP contribution >= 0.6 is 0 Å². The number of aryl methyl sites for hydroxylation is 1. The highest BCUT2D eigenvalue weighted by molar-refractivity contribution is 6.92. The number of fused-ring (bicyclic) bond motifs is 4. The van der Waals surface area contributed by atoms with E-state index >= 15 is 0 Å². The van der Waals surface area contributed by atoms with Crippen LogP contribution in [0.5, 0.6) is 0 Å². The third-order valence-electron chi connectivity index (χ3n) is 24.8. The van der Waals surface area contributed by atoms with Gasteiger partial charge in [-0.25, -0.2) is 0 Å². The highest BCUT2D eigenvalue weighted by Gasteiger charge is 2.48. The third-order valence-corrected chi connectivity index (χ3v) is 50.0. The van der Waals surface area contributed by atoms with Crippen LogP contribution in [0.1, 0.15) is 264 Å². The SMILES string of the molecule is Cc1cc2cc(C#C[Si](C(C)C)(C(C)C)C(C)C)ccc2cc1[C@H]1c2cc3cc(C#C[Si](C(C)C)(C(C)C)C(C)C)ccc3cc2[C@H](C)[C@@H]2c3cc4ccc(C#C[Si](C(C)C)(C(C)C)C(C)C)cc4cc3[C@@H]1c1cc3ccc(C#C[Si](C(C)C)(C(C)C)C(C)C)cc3cc12. The lowest BCUT2D eigenvalue weighted by atomic mass is 9.57. The first-order chi connectivity index (χ1) is 44.3. The number of hydrogen-bond donors (Lipinski definition) is 0. The Morgan fingerprint density at radius 3 is 0.702 bits per heavy atom. The molecule has 0 aromatic heterocycles. The lowest BCUT2D eigenvalue weighted by Crippen LogP contribution is -2.43. The lowest BCUT2D eigenvalue weighted by molar-refractivity contribution is 0.551. The summed E-state index contributed by atoms with van der Waals surface area (Å²) in [6.07, 6.45) is 0. The van der Waals surface area contributed by atoms with Crippen molar-refractivity contribution in [2.24, 2.45) is 0 Å². The van der Waals surface area contributed by atoms with Gasteiger partial charge in [0.25, 0.3) is 0 Å². The molecule has 4 heteroatoms.